The summed E-state index contributed by atoms with van der Waals surface area (Å²) in [7, 11) is 6.37. The summed E-state index contributed by atoms with van der Waals surface area (Å²) >= 11 is 1.62. The largest absolute Gasteiger partial charge is 0.493 e. The van der Waals surface area contributed by atoms with Crippen LogP contribution in [0.15, 0.2) is 17.5 Å². The van der Waals surface area contributed by atoms with Crippen molar-refractivity contribution in [3.8, 4) is 11.5 Å². The van der Waals surface area contributed by atoms with E-state index in [0.29, 0.717) is 24.3 Å². The highest BCUT2D eigenvalue weighted by Crippen LogP contribution is 2.47. The molecule has 0 saturated heterocycles. The van der Waals surface area contributed by atoms with Gasteiger partial charge in [0.1, 0.15) is 0 Å². The van der Waals surface area contributed by atoms with E-state index in [-0.39, 0.29) is 4.92 Å². The smallest absolute Gasteiger partial charge is 0.224 e. The molecule has 0 bridgehead atoms. The predicted octanol–water partition coefficient (Wildman–Crippen LogP) is 4.73. The van der Waals surface area contributed by atoms with Gasteiger partial charge in [-0.15, -0.1) is 11.3 Å². The van der Waals surface area contributed by atoms with E-state index in [0.717, 1.165) is 40.0 Å². The zero-order chi connectivity index (χ0) is 21.8. The number of aryl methyl sites for hydroxylation is 2. The van der Waals surface area contributed by atoms with Crippen LogP contribution in [0.2, 0.25) is 0 Å². The van der Waals surface area contributed by atoms with Crippen LogP contribution in [0.25, 0.3) is 0 Å². The molecule has 1 aromatic carbocycles. The molecule has 7 nitrogen and oxygen atoms in total. The Kier molecular flexibility index (Phi) is 7.33. The van der Waals surface area contributed by atoms with Gasteiger partial charge >= 0.3 is 0 Å². The van der Waals surface area contributed by atoms with Crippen molar-refractivity contribution < 1.29 is 23.9 Å². The maximum Gasteiger partial charge on any atom is 0.224 e. The Labute approximate surface area is 181 Å². The summed E-state index contributed by atoms with van der Waals surface area (Å²) in [6, 6.07) is 3.11. The third kappa shape index (κ3) is 4.04. The number of nitrogens with zero attached hydrogens (tertiary/aromatic N) is 1. The Morgan fingerprint density at radius 3 is 2.37 bits per heavy atom. The van der Waals surface area contributed by atoms with E-state index in [9.17, 15) is 10.1 Å². The third-order valence-corrected chi connectivity index (χ3v) is 6.84. The first-order valence-corrected chi connectivity index (χ1v) is 10.9. The second-order valence-corrected chi connectivity index (χ2v) is 8.32. The van der Waals surface area contributed by atoms with Crippen molar-refractivity contribution in [2.75, 3.05) is 28.4 Å². The molecule has 1 aliphatic rings. The second-order valence-electron chi connectivity index (χ2n) is 7.36. The summed E-state index contributed by atoms with van der Waals surface area (Å²) in [6.45, 7) is 2.12. The number of fused-ring (bicyclic) bond motifs is 1. The van der Waals surface area contributed by atoms with Crippen molar-refractivity contribution in [1.29, 1.82) is 0 Å². The highest BCUT2D eigenvalue weighted by Gasteiger charge is 2.42. The van der Waals surface area contributed by atoms with Crippen molar-refractivity contribution in [2.24, 2.45) is 0 Å². The summed E-state index contributed by atoms with van der Waals surface area (Å²) in [5, 5.41) is 14.1. The number of thiophene rings is 1. The number of hydrogen-bond donors (Lipinski definition) is 0. The van der Waals surface area contributed by atoms with Crippen molar-refractivity contribution in [3.05, 3.63) is 54.8 Å². The van der Waals surface area contributed by atoms with Gasteiger partial charge in [-0.05, 0) is 47.0 Å². The van der Waals surface area contributed by atoms with Crippen LogP contribution in [0, 0.1) is 10.1 Å². The molecule has 1 heterocycles. The van der Waals surface area contributed by atoms with Gasteiger partial charge in [-0.3, -0.25) is 10.1 Å². The van der Waals surface area contributed by atoms with E-state index < -0.39 is 18.2 Å². The van der Waals surface area contributed by atoms with Gasteiger partial charge in [0.25, 0.3) is 0 Å². The molecule has 8 heteroatoms. The van der Waals surface area contributed by atoms with Gasteiger partial charge in [0.05, 0.1) is 20.1 Å². The lowest BCUT2D eigenvalue weighted by Gasteiger charge is -2.31. The van der Waals surface area contributed by atoms with Crippen molar-refractivity contribution in [3.63, 3.8) is 0 Å². The Morgan fingerprint density at radius 2 is 1.80 bits per heavy atom. The van der Waals surface area contributed by atoms with E-state index in [1.165, 1.54) is 0 Å². The minimum atomic E-state index is -0.729. The van der Waals surface area contributed by atoms with Gasteiger partial charge in [-0.2, -0.15) is 0 Å². The van der Waals surface area contributed by atoms with Crippen LogP contribution in [0.4, 0.5) is 0 Å². The highest BCUT2D eigenvalue weighted by molar-refractivity contribution is 7.10. The van der Waals surface area contributed by atoms with Gasteiger partial charge in [-0.25, -0.2) is 0 Å². The lowest BCUT2D eigenvalue weighted by molar-refractivity contribution is -0.526. The fourth-order valence-electron chi connectivity index (χ4n) is 4.41. The molecule has 0 saturated carbocycles. The van der Waals surface area contributed by atoms with Gasteiger partial charge in [0.15, 0.2) is 17.8 Å². The van der Waals surface area contributed by atoms with E-state index >= 15 is 0 Å². The Morgan fingerprint density at radius 1 is 1.13 bits per heavy atom. The molecule has 1 aliphatic carbocycles. The van der Waals surface area contributed by atoms with Gasteiger partial charge in [0, 0.05) is 36.0 Å². The number of rotatable bonds is 9. The van der Waals surface area contributed by atoms with E-state index in [1.54, 1.807) is 39.8 Å². The Bertz CT molecular complexity index is 892. The highest BCUT2D eigenvalue weighted by atomic mass is 32.1. The number of methoxy groups -OCH3 is 4. The Balaban J connectivity index is 2.24. The summed E-state index contributed by atoms with van der Waals surface area (Å²) in [4.78, 5) is 13.1. The zero-order valence-corrected chi connectivity index (χ0v) is 18.9. The van der Waals surface area contributed by atoms with E-state index in [1.807, 2.05) is 17.5 Å². The van der Waals surface area contributed by atoms with Gasteiger partial charge in [0.2, 0.25) is 6.04 Å². The minimum Gasteiger partial charge on any atom is -0.493 e. The summed E-state index contributed by atoms with van der Waals surface area (Å²) < 4.78 is 22.2. The minimum absolute atomic E-state index is 0.153. The quantitative estimate of drug-likeness (QED) is 0.322. The van der Waals surface area contributed by atoms with Crippen LogP contribution in [0.1, 0.15) is 59.1 Å². The number of nitro groups is 1. The molecule has 0 N–H and O–H groups in total. The molecule has 0 amide bonds. The molecule has 0 spiro atoms. The normalized spacial score (nSPS) is 18.3. The molecule has 2 atom stereocenters. The lowest BCUT2D eigenvalue weighted by Crippen LogP contribution is -2.33. The third-order valence-electron chi connectivity index (χ3n) is 5.76. The fourth-order valence-corrected chi connectivity index (χ4v) is 5.61. The molecule has 2 aromatic rings. The average Bonchev–Trinajstić information content (AvgIpc) is 3.16. The van der Waals surface area contributed by atoms with Gasteiger partial charge < -0.3 is 18.9 Å². The lowest BCUT2D eigenvalue weighted by atomic mass is 9.75. The fraction of sp³-hybridized carbons (Fsp3) is 0.545. The first-order chi connectivity index (χ1) is 14.5. The van der Waals surface area contributed by atoms with Crippen molar-refractivity contribution in [1.82, 2.24) is 0 Å². The van der Waals surface area contributed by atoms with Crippen LogP contribution < -0.4 is 9.47 Å². The Hall–Kier alpha value is -2.16. The van der Waals surface area contributed by atoms with Crippen molar-refractivity contribution >= 4 is 11.3 Å². The summed E-state index contributed by atoms with van der Waals surface area (Å²) in [6.07, 6.45) is 2.36. The maximum atomic E-state index is 12.1. The molecule has 0 aliphatic heterocycles. The molecular weight excluding hydrogens is 406 g/mol. The van der Waals surface area contributed by atoms with Crippen LogP contribution in [0.3, 0.4) is 0 Å². The average molecular weight is 436 g/mol. The molecule has 1 aromatic heterocycles. The zero-order valence-electron chi connectivity index (χ0n) is 18.1. The molecule has 30 heavy (non-hydrogen) atoms. The first-order valence-electron chi connectivity index (χ1n) is 10.0. The SMILES string of the molecule is CCCc1scc(C2c3cc(OC)c(OC)cc3CCC2[N+](=O)[O-])c1C(OC)OC. The molecular formula is C22H29NO6S. The van der Waals surface area contributed by atoms with Crippen molar-refractivity contribution in [2.45, 2.75) is 50.9 Å². The molecule has 0 radical (unpaired) electrons. The van der Waals surface area contributed by atoms with Crippen LogP contribution in [-0.2, 0) is 22.3 Å². The topological polar surface area (TPSA) is 80.1 Å². The first kappa shape index (κ1) is 22.5. The predicted molar refractivity (Wildman–Crippen MR) is 116 cm³/mol. The molecule has 0 fully saturated rings. The standard InChI is InChI=1S/C22H29NO6S/c1-6-7-19-21(22(28-4)29-5)15(12-30-19)20-14-11-18(27-3)17(26-2)10-13(14)8-9-16(20)23(24)25/h10-12,16,20,22H,6-9H2,1-5H3. The summed E-state index contributed by atoms with van der Waals surface area (Å²) in [5.74, 6) is 0.803. The molecule has 3 rings (SSSR count). The van der Waals surface area contributed by atoms with E-state index in [2.05, 4.69) is 6.92 Å². The number of benzene rings is 1. The maximum absolute atomic E-state index is 12.1. The van der Waals surface area contributed by atoms with Gasteiger partial charge in [-0.1, -0.05) is 13.3 Å². The number of hydrogen-bond acceptors (Lipinski definition) is 7. The summed E-state index contributed by atoms with van der Waals surface area (Å²) in [5.41, 5.74) is 3.79. The van der Waals surface area contributed by atoms with Crippen LogP contribution >= 0.6 is 11.3 Å². The van der Waals surface area contributed by atoms with Crippen LogP contribution in [0.5, 0.6) is 11.5 Å². The second kappa shape index (κ2) is 9.76. The molecule has 2 unspecified atom stereocenters. The van der Waals surface area contributed by atoms with Crippen LogP contribution in [-0.4, -0.2) is 39.4 Å². The number of ether oxygens (including phenoxy) is 4. The van der Waals surface area contributed by atoms with E-state index in [4.69, 9.17) is 18.9 Å². The molecule has 164 valence electrons. The monoisotopic (exact) mass is 435 g/mol.